The molecule has 0 amide bonds. The molecule has 1 rings (SSSR count). The largest absolute Gasteiger partial charge is 1.00 e. The Bertz CT molecular complexity index is 304. The molecule has 0 aliphatic heterocycles. The Morgan fingerprint density at radius 3 is 2.00 bits per heavy atom. The van der Waals surface area contributed by atoms with Crippen LogP contribution in [0.1, 0.15) is 0 Å². The topological polar surface area (TPSA) is 34.1 Å². The molecule has 0 bridgehead atoms. The third-order valence-corrected chi connectivity index (χ3v) is 2.24. The van der Waals surface area contributed by atoms with E-state index in [0.29, 0.717) is 4.90 Å². The number of benzene rings is 1. The van der Waals surface area contributed by atoms with Gasteiger partial charge in [-0.15, -0.1) is 0 Å². The molecular weight excluding hydrogens is 281 g/mol. The Balaban J connectivity index is 0.000001000. The van der Waals surface area contributed by atoms with Gasteiger partial charge in [-0.2, -0.15) is 30.3 Å². The predicted molar refractivity (Wildman–Crippen MR) is 38.4 cm³/mol. The zero-order chi connectivity index (χ0) is 7.61. The van der Waals surface area contributed by atoms with Gasteiger partial charge >= 0.3 is 68.9 Å². The normalized spacial score (nSPS) is 10.3. The first-order valence-electron chi connectivity index (χ1n) is 2.77. The van der Waals surface area contributed by atoms with Crippen LogP contribution < -0.4 is 68.9 Å². The number of hydrogen-bond donors (Lipinski definition) is 0. The van der Waals surface area contributed by atoms with Gasteiger partial charge in [-0.3, -0.25) is 0 Å². The van der Waals surface area contributed by atoms with Crippen molar-refractivity contribution in [2.24, 2.45) is 0 Å². The van der Waals surface area contributed by atoms with Gasteiger partial charge in [0.2, 0.25) is 0 Å². The van der Waals surface area contributed by atoms with E-state index in [9.17, 15) is 8.42 Å². The molecule has 0 unspecified atom stereocenters. The minimum atomic E-state index is -3.02. The van der Waals surface area contributed by atoms with Gasteiger partial charge in [-0.25, -0.2) is 8.42 Å². The zero-order valence-corrected chi connectivity index (χ0v) is 13.6. The maximum absolute atomic E-state index is 10.8. The molecule has 4 heteroatoms. The second kappa shape index (κ2) is 5.06. The SMILES string of the molecule is CS(=O)(=O)c1cc[c-]cc1.[Cs+]. The third kappa shape index (κ3) is 4.12. The molecule has 0 spiro atoms. The monoisotopic (exact) mass is 288 g/mol. The van der Waals surface area contributed by atoms with E-state index in [1.165, 1.54) is 18.4 Å². The second-order valence-electron chi connectivity index (χ2n) is 2.01. The van der Waals surface area contributed by atoms with E-state index in [1.54, 1.807) is 12.1 Å². The maximum Gasteiger partial charge on any atom is 1.00 e. The van der Waals surface area contributed by atoms with Crippen LogP contribution >= 0.6 is 0 Å². The summed E-state index contributed by atoms with van der Waals surface area (Å²) < 4.78 is 21.6. The summed E-state index contributed by atoms with van der Waals surface area (Å²) in [6.07, 6.45) is 1.18. The fourth-order valence-corrected chi connectivity index (χ4v) is 1.25. The van der Waals surface area contributed by atoms with E-state index in [0.717, 1.165) is 0 Å². The van der Waals surface area contributed by atoms with Crippen LogP contribution in [-0.2, 0) is 9.84 Å². The van der Waals surface area contributed by atoms with Crippen LogP contribution in [0.5, 0.6) is 0 Å². The van der Waals surface area contributed by atoms with Crippen LogP contribution in [0.3, 0.4) is 0 Å². The summed E-state index contributed by atoms with van der Waals surface area (Å²) in [6.45, 7) is 0. The smallest absolute Gasteiger partial charge is 0.226 e. The van der Waals surface area contributed by atoms with Crippen molar-refractivity contribution >= 4 is 9.84 Å². The minimum absolute atomic E-state index is 0. The van der Waals surface area contributed by atoms with Crippen LogP contribution in [0.4, 0.5) is 0 Å². The first kappa shape index (κ1) is 12.2. The van der Waals surface area contributed by atoms with Gasteiger partial charge in [0.15, 0.2) is 9.84 Å². The summed E-state index contributed by atoms with van der Waals surface area (Å²) in [6, 6.07) is 8.95. The fraction of sp³-hybridized carbons (Fsp3) is 0.143. The van der Waals surface area contributed by atoms with E-state index in [4.69, 9.17) is 0 Å². The van der Waals surface area contributed by atoms with Gasteiger partial charge in [-0.1, -0.05) is 0 Å². The van der Waals surface area contributed by atoms with Crippen LogP contribution in [0.2, 0.25) is 0 Å². The van der Waals surface area contributed by atoms with Crippen LogP contribution in [0.15, 0.2) is 29.2 Å². The maximum atomic E-state index is 10.8. The molecule has 0 heterocycles. The molecule has 0 aliphatic carbocycles. The molecule has 11 heavy (non-hydrogen) atoms. The van der Waals surface area contributed by atoms with Crippen LogP contribution in [-0.4, -0.2) is 14.7 Å². The molecule has 54 valence electrons. The van der Waals surface area contributed by atoms with E-state index in [1.807, 2.05) is 0 Å². The van der Waals surface area contributed by atoms with Crippen molar-refractivity contribution in [2.75, 3.05) is 6.26 Å². The Hall–Kier alpha value is 1.22. The van der Waals surface area contributed by atoms with Crippen molar-refractivity contribution in [2.45, 2.75) is 4.90 Å². The third-order valence-electron chi connectivity index (χ3n) is 1.12. The molecule has 0 atom stereocenters. The predicted octanol–water partition coefficient (Wildman–Crippen LogP) is -2.11. The van der Waals surface area contributed by atoms with E-state index < -0.39 is 9.84 Å². The molecule has 0 aliphatic rings. The summed E-state index contributed by atoms with van der Waals surface area (Å²) in [5, 5.41) is 0. The zero-order valence-electron chi connectivity index (χ0n) is 6.53. The van der Waals surface area contributed by atoms with Crippen molar-refractivity contribution in [1.82, 2.24) is 0 Å². The fourth-order valence-electron chi connectivity index (χ4n) is 0.619. The summed E-state index contributed by atoms with van der Waals surface area (Å²) in [5.74, 6) is 0. The van der Waals surface area contributed by atoms with E-state index in [-0.39, 0.29) is 68.9 Å². The summed E-state index contributed by atoms with van der Waals surface area (Å²) in [4.78, 5) is 0.339. The molecule has 0 saturated carbocycles. The average molecular weight is 288 g/mol. The van der Waals surface area contributed by atoms with Gasteiger partial charge in [0.1, 0.15) is 0 Å². The number of rotatable bonds is 1. The van der Waals surface area contributed by atoms with Crippen molar-refractivity contribution in [3.63, 3.8) is 0 Å². The second-order valence-corrected chi connectivity index (χ2v) is 4.02. The first-order chi connectivity index (χ1) is 4.61. The average Bonchev–Trinajstić information content (AvgIpc) is 1.88. The minimum Gasteiger partial charge on any atom is -0.226 e. The summed E-state index contributed by atoms with van der Waals surface area (Å²) >= 11 is 0. The molecule has 1 aromatic rings. The van der Waals surface area contributed by atoms with Gasteiger partial charge < -0.3 is 0 Å². The molecular formula is C7H7CsO2S. The summed E-state index contributed by atoms with van der Waals surface area (Å²) in [5.41, 5.74) is 0. The van der Waals surface area contributed by atoms with Crippen LogP contribution in [0, 0.1) is 6.07 Å². The molecule has 0 saturated heterocycles. The van der Waals surface area contributed by atoms with Gasteiger partial charge in [-0.05, 0) is 4.90 Å². The quantitative estimate of drug-likeness (QED) is 0.555. The van der Waals surface area contributed by atoms with Gasteiger partial charge in [0, 0.05) is 6.26 Å². The number of sulfone groups is 1. The molecule has 0 aromatic heterocycles. The van der Waals surface area contributed by atoms with Crippen molar-refractivity contribution in [1.29, 1.82) is 0 Å². The first-order valence-corrected chi connectivity index (χ1v) is 4.66. The molecule has 2 nitrogen and oxygen atoms in total. The van der Waals surface area contributed by atoms with Crippen molar-refractivity contribution in [3.05, 3.63) is 30.3 Å². The molecule has 1 aromatic carbocycles. The Kier molecular flexibility index (Phi) is 5.62. The van der Waals surface area contributed by atoms with Crippen molar-refractivity contribution in [3.8, 4) is 0 Å². The molecule has 0 N–H and O–H groups in total. The van der Waals surface area contributed by atoms with Gasteiger partial charge in [0.05, 0.1) is 0 Å². The standard InChI is InChI=1S/C7H7O2S.Cs/c1-10(8,9)7-5-3-2-4-6-7;/h3-6H,1H3;/q-1;+1. The Morgan fingerprint density at radius 1 is 1.27 bits per heavy atom. The Morgan fingerprint density at radius 2 is 1.73 bits per heavy atom. The van der Waals surface area contributed by atoms with Crippen molar-refractivity contribution < 1.29 is 77.3 Å². The van der Waals surface area contributed by atoms with E-state index in [2.05, 4.69) is 6.07 Å². The summed E-state index contributed by atoms with van der Waals surface area (Å²) in [7, 11) is -3.02. The van der Waals surface area contributed by atoms with Gasteiger partial charge in [0.25, 0.3) is 0 Å². The Labute approximate surface area is 126 Å². The molecule has 0 radical (unpaired) electrons. The van der Waals surface area contributed by atoms with Crippen LogP contribution in [0.25, 0.3) is 0 Å². The number of hydrogen-bond acceptors (Lipinski definition) is 2. The van der Waals surface area contributed by atoms with E-state index >= 15 is 0 Å². The molecule has 0 fully saturated rings.